The first-order valence-electron chi connectivity index (χ1n) is 23.9. The summed E-state index contributed by atoms with van der Waals surface area (Å²) in [6, 6.07) is 48.5. The lowest BCUT2D eigenvalue weighted by Crippen LogP contribution is -2.14. The van der Waals surface area contributed by atoms with E-state index in [-0.39, 0.29) is 71.6 Å². The largest absolute Gasteiger partial charge is 0.457 e. The van der Waals surface area contributed by atoms with Crippen LogP contribution in [0.3, 0.4) is 0 Å². The van der Waals surface area contributed by atoms with Gasteiger partial charge in [0.25, 0.3) is 0 Å². The first-order chi connectivity index (χ1) is 37.8. The molecule has 0 bridgehead atoms. The summed E-state index contributed by atoms with van der Waals surface area (Å²) in [7, 11) is 35.7. The van der Waals surface area contributed by atoms with Gasteiger partial charge in [-0.2, -0.15) is 0 Å². The molecule has 0 saturated carbocycles. The molecule has 0 saturated heterocycles. The first kappa shape index (κ1) is 52.0. The van der Waals surface area contributed by atoms with Gasteiger partial charge < -0.3 is 42.6 Å². The van der Waals surface area contributed by atoms with Crippen molar-refractivity contribution in [1.29, 1.82) is 0 Å². The van der Waals surface area contributed by atoms with Gasteiger partial charge in [-0.05, 0) is 142 Å². The van der Waals surface area contributed by atoms with E-state index in [1.54, 1.807) is 146 Å². The van der Waals surface area contributed by atoms with Crippen LogP contribution in [0, 0.1) is 0 Å². The third kappa shape index (κ3) is 12.3. The minimum Gasteiger partial charge on any atom is -0.457 e. The quantitative estimate of drug-likeness (QED) is 0.0338. The van der Waals surface area contributed by atoms with Crippen molar-refractivity contribution in [3.8, 4) is 51.7 Å². The van der Waals surface area contributed by atoms with E-state index in [2.05, 4.69) is 0 Å². The van der Waals surface area contributed by atoms with E-state index in [0.717, 1.165) is 0 Å². The fourth-order valence-corrected chi connectivity index (χ4v) is 8.10. The van der Waals surface area contributed by atoms with Gasteiger partial charge in [-0.3, -0.25) is 0 Å². The van der Waals surface area contributed by atoms with Crippen LogP contribution in [-0.4, -0.2) is 85.4 Å². The SMILES string of the molecule is [B]c1ccc(OCOc2cc3c(cc2OCOc2ccc([B])cc2)c2cc(OC(=O)c4ccc([B])cc4)c(OC(=O)c4ccc([B])cc4)cc2c2cc(OC(=O)c4ccc([B])cc4)c(OCOc4ccc([B])cc4)cc32)cc1. The molecule has 10 aromatic rings. The Balaban J connectivity index is 1.18. The Kier molecular flexibility index (Phi) is 15.5. The molecule has 0 spiro atoms. The van der Waals surface area contributed by atoms with Gasteiger partial charge in [0.1, 0.15) is 64.3 Å². The summed E-state index contributed by atoms with van der Waals surface area (Å²) in [6.45, 7) is -0.920. The van der Waals surface area contributed by atoms with E-state index in [4.69, 9.17) is 89.7 Å². The Labute approximate surface area is 455 Å². The van der Waals surface area contributed by atoms with Crippen LogP contribution in [0.4, 0.5) is 0 Å². The van der Waals surface area contributed by atoms with Gasteiger partial charge in [-0.25, -0.2) is 14.4 Å². The van der Waals surface area contributed by atoms with Crippen molar-refractivity contribution in [3.05, 3.63) is 199 Å². The molecular weight excluding hydrogens is 978 g/mol. The van der Waals surface area contributed by atoms with Gasteiger partial charge in [0.05, 0.1) is 16.7 Å². The molecule has 0 fully saturated rings. The van der Waals surface area contributed by atoms with Gasteiger partial charge in [-0.15, -0.1) is 0 Å². The Hall–Kier alpha value is -9.42. The molecular formula is C60H36B6O12. The van der Waals surface area contributed by atoms with Crippen LogP contribution in [0.2, 0.25) is 0 Å². The van der Waals surface area contributed by atoms with E-state index in [0.29, 0.717) is 82.3 Å². The predicted molar refractivity (Wildman–Crippen MR) is 303 cm³/mol. The summed E-state index contributed by atoms with van der Waals surface area (Å²) in [6.07, 6.45) is 0. The predicted octanol–water partition coefficient (Wildman–Crippen LogP) is 5.81. The van der Waals surface area contributed by atoms with E-state index < -0.39 is 17.9 Å². The van der Waals surface area contributed by atoms with Crippen LogP contribution >= 0.6 is 0 Å². The minimum absolute atomic E-state index is 0.0294. The highest BCUT2D eigenvalue weighted by Crippen LogP contribution is 2.47. The molecule has 0 aromatic heterocycles. The maximum Gasteiger partial charge on any atom is 0.343 e. The summed E-state index contributed by atoms with van der Waals surface area (Å²) in [4.78, 5) is 42.0. The van der Waals surface area contributed by atoms with Gasteiger partial charge in [-0.1, -0.05) is 106 Å². The molecule has 10 rings (SSSR count). The third-order valence-electron chi connectivity index (χ3n) is 12.1. The minimum atomic E-state index is -0.793. The summed E-state index contributed by atoms with van der Waals surface area (Å²) in [5, 5.41) is 2.83. The van der Waals surface area contributed by atoms with Gasteiger partial charge in [0.2, 0.25) is 20.4 Å². The lowest BCUT2D eigenvalue weighted by atomic mass is 9.93. The number of hydrogen-bond donors (Lipinski definition) is 0. The van der Waals surface area contributed by atoms with Crippen LogP contribution in [0.15, 0.2) is 182 Å². The summed E-state index contributed by atoms with van der Waals surface area (Å²) >= 11 is 0. The molecule has 366 valence electrons. The molecule has 18 heteroatoms. The molecule has 0 N–H and O–H groups in total. The highest BCUT2D eigenvalue weighted by molar-refractivity contribution is 6.34. The standard InChI is InChI=1S/C60H36B6O12/c61-37-7-1-34(2-8-37)58(67)76-55-28-49-48(27-54(55)75-33-72-45-23-17-42(66)18-24-45)46-25-52(73-31-70-43-19-13-40(64)14-20-43)53(74-32-71-44-21-15-41(65)16-22-44)26-47(46)50-29-56(77-59(68)35-3-9-38(62)10-4-35)57(30-51(49)50)78-60(69)36-5-11-39(63)12-6-36/h1-30H,31-33H2. The van der Waals surface area contributed by atoms with Crippen LogP contribution in [0.25, 0.3) is 32.3 Å². The van der Waals surface area contributed by atoms with Crippen molar-refractivity contribution < 1.29 is 57.0 Å². The molecule has 0 heterocycles. The van der Waals surface area contributed by atoms with Crippen molar-refractivity contribution in [1.82, 2.24) is 0 Å². The Morgan fingerprint density at radius 2 is 0.449 bits per heavy atom. The Bertz CT molecular complexity index is 3820. The fourth-order valence-electron chi connectivity index (χ4n) is 8.10. The van der Waals surface area contributed by atoms with E-state index >= 15 is 0 Å². The van der Waals surface area contributed by atoms with Crippen molar-refractivity contribution in [2.24, 2.45) is 0 Å². The summed E-state index contributed by atoms with van der Waals surface area (Å²) in [5.41, 5.74) is 3.41. The zero-order chi connectivity index (χ0) is 54.3. The first-order valence-corrected chi connectivity index (χ1v) is 23.9. The topological polar surface area (TPSA) is 134 Å². The molecule has 0 unspecified atom stereocenters. The van der Waals surface area contributed by atoms with E-state index in [1.807, 2.05) is 0 Å². The van der Waals surface area contributed by atoms with E-state index in [9.17, 15) is 14.4 Å². The molecule has 0 amide bonds. The number of rotatable bonds is 18. The van der Waals surface area contributed by atoms with Gasteiger partial charge >= 0.3 is 17.9 Å². The number of ether oxygens (including phenoxy) is 9. The molecule has 0 aliphatic rings. The maximum atomic E-state index is 14.0. The highest BCUT2D eigenvalue weighted by Gasteiger charge is 2.24. The van der Waals surface area contributed by atoms with Crippen LogP contribution in [-0.2, 0) is 0 Å². The maximum absolute atomic E-state index is 14.0. The Morgan fingerprint density at radius 3 is 0.692 bits per heavy atom. The van der Waals surface area contributed by atoms with Crippen molar-refractivity contribution >= 4 is 130 Å². The lowest BCUT2D eigenvalue weighted by molar-refractivity contribution is 0.0683. The third-order valence-corrected chi connectivity index (χ3v) is 12.1. The molecule has 78 heavy (non-hydrogen) atoms. The average Bonchev–Trinajstić information content (AvgIpc) is 3.64. The van der Waals surface area contributed by atoms with Crippen molar-refractivity contribution in [2.45, 2.75) is 0 Å². The van der Waals surface area contributed by atoms with Crippen molar-refractivity contribution in [2.75, 3.05) is 20.4 Å². The zero-order valence-corrected chi connectivity index (χ0v) is 41.3. The average molecular weight is 1010 g/mol. The number of esters is 3. The second kappa shape index (κ2) is 23.2. The van der Waals surface area contributed by atoms with Crippen LogP contribution in [0.1, 0.15) is 31.1 Å². The smallest absolute Gasteiger partial charge is 0.343 e. The van der Waals surface area contributed by atoms with Gasteiger partial charge in [0, 0.05) is 0 Å². The number of benzene rings is 10. The summed E-state index contributed by atoms with van der Waals surface area (Å²) < 4.78 is 55.3. The number of hydrogen-bond acceptors (Lipinski definition) is 12. The van der Waals surface area contributed by atoms with Crippen LogP contribution in [0.5, 0.6) is 51.7 Å². The number of fused-ring (bicyclic) bond motifs is 6. The second-order valence-electron chi connectivity index (χ2n) is 17.5. The van der Waals surface area contributed by atoms with E-state index in [1.165, 1.54) is 36.4 Å². The molecule has 0 atom stereocenters. The zero-order valence-electron chi connectivity index (χ0n) is 41.3. The monoisotopic (exact) mass is 1010 g/mol. The molecule has 0 aliphatic heterocycles. The molecule has 10 aromatic carbocycles. The highest BCUT2D eigenvalue weighted by atomic mass is 16.7. The normalized spacial score (nSPS) is 10.9. The van der Waals surface area contributed by atoms with Gasteiger partial charge in [0.15, 0.2) is 34.5 Å². The van der Waals surface area contributed by atoms with Crippen LogP contribution < -0.4 is 75.4 Å². The molecule has 12 radical (unpaired) electrons. The second-order valence-corrected chi connectivity index (χ2v) is 17.5. The molecule has 0 aliphatic carbocycles. The number of carbonyl (C=O) groups excluding carboxylic acids is 3. The summed E-state index contributed by atoms with van der Waals surface area (Å²) in [5.74, 6) is -0.754. The number of carbonyl (C=O) groups is 3. The van der Waals surface area contributed by atoms with Crippen molar-refractivity contribution in [3.63, 3.8) is 0 Å². The molecule has 12 nitrogen and oxygen atoms in total. The Morgan fingerprint density at radius 1 is 0.256 bits per heavy atom. The fraction of sp³-hybridized carbons (Fsp3) is 0.0500. The lowest BCUT2D eigenvalue weighted by Gasteiger charge is -2.20.